The van der Waals surface area contributed by atoms with Gasteiger partial charge in [-0.15, -0.1) is 0 Å². The number of hydrogen-bond donors (Lipinski definition) is 0. The summed E-state index contributed by atoms with van der Waals surface area (Å²) in [6.07, 6.45) is 7.40. The van der Waals surface area contributed by atoms with Gasteiger partial charge in [-0.05, 0) is 67.7 Å². The van der Waals surface area contributed by atoms with Crippen molar-refractivity contribution in [2.24, 2.45) is 5.92 Å². The lowest BCUT2D eigenvalue weighted by atomic mass is 9.78. The third kappa shape index (κ3) is 4.74. The summed E-state index contributed by atoms with van der Waals surface area (Å²) in [5.41, 5.74) is 3.26. The highest BCUT2D eigenvalue weighted by molar-refractivity contribution is 5.67. The van der Waals surface area contributed by atoms with Gasteiger partial charge in [0.1, 0.15) is 0 Å². The number of halogens is 3. The molecule has 3 aromatic carbocycles. The van der Waals surface area contributed by atoms with Gasteiger partial charge >= 0.3 is 0 Å². The SMILES string of the molecule is COc1ccc(C2CCC(/C=C/c3ccc(-c4ccc(C)cc4)c(F)c3F)CC2)cc1F. The van der Waals surface area contributed by atoms with Crippen molar-refractivity contribution < 1.29 is 17.9 Å². The van der Waals surface area contributed by atoms with Crippen molar-refractivity contribution in [3.63, 3.8) is 0 Å². The van der Waals surface area contributed by atoms with E-state index in [4.69, 9.17) is 4.74 Å². The average molecular weight is 437 g/mol. The summed E-state index contributed by atoms with van der Waals surface area (Å²) in [7, 11) is 1.46. The number of hydrogen-bond acceptors (Lipinski definition) is 1. The van der Waals surface area contributed by atoms with Gasteiger partial charge in [0, 0.05) is 11.1 Å². The Bertz CT molecular complexity index is 1110. The van der Waals surface area contributed by atoms with E-state index in [2.05, 4.69) is 0 Å². The Morgan fingerprint density at radius 3 is 2.22 bits per heavy atom. The molecular weight excluding hydrogens is 409 g/mol. The molecule has 1 saturated carbocycles. The fourth-order valence-electron chi connectivity index (χ4n) is 4.47. The van der Waals surface area contributed by atoms with Gasteiger partial charge in [-0.25, -0.2) is 13.2 Å². The van der Waals surface area contributed by atoms with Gasteiger partial charge in [0.2, 0.25) is 0 Å². The minimum atomic E-state index is -0.818. The standard InChI is InChI=1S/C28H27F3O/c1-18-3-8-21(9-4-18)24-15-13-22(27(30)28(24)31)12-7-19-5-10-20(11-6-19)23-14-16-26(32-2)25(29)17-23/h3-4,7-9,12-17,19-20H,5-6,10-11H2,1-2H3/b12-7+. The number of methoxy groups -OCH3 is 1. The third-order valence-corrected chi connectivity index (χ3v) is 6.44. The molecule has 0 unspecified atom stereocenters. The van der Waals surface area contributed by atoms with E-state index in [0.717, 1.165) is 36.8 Å². The first kappa shape index (κ1) is 22.2. The van der Waals surface area contributed by atoms with Crippen LogP contribution in [0.3, 0.4) is 0 Å². The molecule has 1 nitrogen and oxygen atoms in total. The third-order valence-electron chi connectivity index (χ3n) is 6.44. The van der Waals surface area contributed by atoms with Gasteiger partial charge in [0.25, 0.3) is 0 Å². The maximum Gasteiger partial charge on any atom is 0.167 e. The Morgan fingerprint density at radius 2 is 1.56 bits per heavy atom. The lowest BCUT2D eigenvalue weighted by molar-refractivity contribution is 0.370. The van der Waals surface area contributed by atoms with Gasteiger partial charge in [0.05, 0.1) is 7.11 Å². The molecule has 32 heavy (non-hydrogen) atoms. The minimum Gasteiger partial charge on any atom is -0.494 e. The highest BCUT2D eigenvalue weighted by Gasteiger charge is 2.22. The Kier molecular flexibility index (Phi) is 6.69. The molecule has 4 rings (SSSR count). The molecule has 1 aliphatic carbocycles. The van der Waals surface area contributed by atoms with Crippen LogP contribution in [-0.4, -0.2) is 7.11 Å². The van der Waals surface area contributed by atoms with E-state index in [1.807, 2.05) is 31.2 Å². The van der Waals surface area contributed by atoms with Crippen molar-refractivity contribution in [2.45, 2.75) is 38.5 Å². The molecule has 0 bridgehead atoms. The Morgan fingerprint density at radius 1 is 0.844 bits per heavy atom. The Balaban J connectivity index is 1.41. The molecule has 0 aromatic heterocycles. The van der Waals surface area contributed by atoms with Gasteiger partial charge in [-0.1, -0.05) is 60.2 Å². The first-order valence-corrected chi connectivity index (χ1v) is 11.0. The second-order valence-electron chi connectivity index (χ2n) is 8.56. The molecule has 0 heterocycles. The van der Waals surface area contributed by atoms with E-state index < -0.39 is 11.6 Å². The molecule has 3 aromatic rings. The van der Waals surface area contributed by atoms with Crippen molar-refractivity contribution in [3.05, 3.63) is 94.8 Å². The normalized spacial score (nSPS) is 18.8. The van der Waals surface area contributed by atoms with Crippen LogP contribution in [-0.2, 0) is 0 Å². The zero-order chi connectivity index (χ0) is 22.7. The number of allylic oxidation sites excluding steroid dienone is 1. The lowest BCUT2D eigenvalue weighted by Crippen LogP contribution is -2.12. The van der Waals surface area contributed by atoms with Crippen molar-refractivity contribution in [1.82, 2.24) is 0 Å². The fourth-order valence-corrected chi connectivity index (χ4v) is 4.47. The van der Waals surface area contributed by atoms with Gasteiger partial charge in [-0.3, -0.25) is 0 Å². The van der Waals surface area contributed by atoms with Gasteiger partial charge < -0.3 is 4.74 Å². The van der Waals surface area contributed by atoms with E-state index in [9.17, 15) is 13.2 Å². The number of rotatable bonds is 5. The van der Waals surface area contributed by atoms with E-state index in [1.165, 1.54) is 7.11 Å². The predicted octanol–water partition coefficient (Wildman–Crippen LogP) is 8.08. The Labute approximate surface area is 187 Å². The van der Waals surface area contributed by atoms with Gasteiger partial charge in [-0.2, -0.15) is 0 Å². The molecule has 1 fully saturated rings. The smallest absolute Gasteiger partial charge is 0.167 e. The van der Waals surface area contributed by atoms with Crippen LogP contribution in [0.15, 0.2) is 60.7 Å². The zero-order valence-electron chi connectivity index (χ0n) is 18.4. The van der Waals surface area contributed by atoms with E-state index in [-0.39, 0.29) is 22.7 Å². The fraction of sp³-hybridized carbons (Fsp3) is 0.286. The van der Waals surface area contributed by atoms with Crippen molar-refractivity contribution in [1.29, 1.82) is 0 Å². The summed E-state index contributed by atoms with van der Waals surface area (Å²) in [6.45, 7) is 1.96. The lowest BCUT2D eigenvalue weighted by Gasteiger charge is -2.27. The molecule has 0 N–H and O–H groups in total. The van der Waals surface area contributed by atoms with Crippen LogP contribution in [0, 0.1) is 30.3 Å². The molecular formula is C28H27F3O. The maximum atomic E-state index is 14.7. The topological polar surface area (TPSA) is 9.23 Å². The van der Waals surface area contributed by atoms with Crippen LogP contribution in [0.1, 0.15) is 48.3 Å². The predicted molar refractivity (Wildman–Crippen MR) is 123 cm³/mol. The minimum absolute atomic E-state index is 0.257. The summed E-state index contributed by atoms with van der Waals surface area (Å²) in [6, 6.07) is 15.8. The molecule has 4 heteroatoms. The van der Waals surface area contributed by atoms with E-state index in [0.29, 0.717) is 17.4 Å². The molecule has 0 spiro atoms. The number of benzene rings is 3. The first-order chi connectivity index (χ1) is 15.5. The monoisotopic (exact) mass is 436 g/mol. The van der Waals surface area contributed by atoms with E-state index >= 15 is 0 Å². The highest BCUT2D eigenvalue weighted by Crippen LogP contribution is 2.38. The van der Waals surface area contributed by atoms with Crippen LogP contribution in [0.2, 0.25) is 0 Å². The van der Waals surface area contributed by atoms with Crippen LogP contribution in [0.5, 0.6) is 5.75 Å². The summed E-state index contributed by atoms with van der Waals surface area (Å²) in [5, 5.41) is 0. The summed E-state index contributed by atoms with van der Waals surface area (Å²) < 4.78 is 48.4. The molecule has 0 radical (unpaired) electrons. The summed E-state index contributed by atoms with van der Waals surface area (Å²) >= 11 is 0. The molecule has 1 aliphatic rings. The molecule has 0 amide bonds. The zero-order valence-corrected chi connectivity index (χ0v) is 18.4. The Hall–Kier alpha value is -3.01. The highest BCUT2D eigenvalue weighted by atomic mass is 19.2. The van der Waals surface area contributed by atoms with Gasteiger partial charge in [0.15, 0.2) is 23.2 Å². The van der Waals surface area contributed by atoms with Crippen molar-refractivity contribution >= 4 is 6.08 Å². The van der Waals surface area contributed by atoms with Crippen LogP contribution in [0.4, 0.5) is 13.2 Å². The first-order valence-electron chi connectivity index (χ1n) is 11.0. The van der Waals surface area contributed by atoms with Crippen LogP contribution in [0.25, 0.3) is 17.2 Å². The molecule has 0 atom stereocenters. The quantitative estimate of drug-likeness (QED) is 0.393. The molecule has 0 aliphatic heterocycles. The second-order valence-corrected chi connectivity index (χ2v) is 8.56. The van der Waals surface area contributed by atoms with Crippen molar-refractivity contribution in [3.8, 4) is 16.9 Å². The maximum absolute atomic E-state index is 14.7. The molecule has 166 valence electrons. The van der Waals surface area contributed by atoms with E-state index in [1.54, 1.807) is 42.5 Å². The van der Waals surface area contributed by atoms with Crippen LogP contribution >= 0.6 is 0 Å². The number of aryl methyl sites for hydroxylation is 1. The second kappa shape index (κ2) is 9.64. The molecule has 0 saturated heterocycles. The summed E-state index contributed by atoms with van der Waals surface area (Å²) in [5.74, 6) is -1.11. The van der Waals surface area contributed by atoms with Crippen molar-refractivity contribution in [2.75, 3.05) is 7.11 Å². The largest absolute Gasteiger partial charge is 0.494 e. The average Bonchev–Trinajstić information content (AvgIpc) is 2.81. The van der Waals surface area contributed by atoms with Crippen LogP contribution < -0.4 is 4.74 Å². The number of ether oxygens (including phenoxy) is 1. The summed E-state index contributed by atoms with van der Waals surface area (Å²) in [4.78, 5) is 0.